The van der Waals surface area contributed by atoms with Crippen LogP contribution in [0.5, 0.6) is 0 Å². The molecule has 0 spiro atoms. The molecule has 11 heteroatoms. The molecule has 1 fully saturated rings. The van der Waals surface area contributed by atoms with E-state index in [9.17, 15) is 17.6 Å². The molecule has 1 atom stereocenters. The van der Waals surface area contributed by atoms with Crippen LogP contribution in [0.4, 0.5) is 10.1 Å². The van der Waals surface area contributed by atoms with E-state index in [0.29, 0.717) is 30.0 Å². The molecule has 32 heavy (non-hydrogen) atoms. The molecule has 0 radical (unpaired) electrons. The Morgan fingerprint density at radius 2 is 2.00 bits per heavy atom. The number of nitrogens with zero attached hydrogens (tertiary/aromatic N) is 4. The number of aromatic nitrogens is 4. The number of piperidine rings is 1. The number of likely N-dealkylation sites (tertiary alicyclic amines) is 1. The maximum Gasteiger partial charge on any atom is 0.261 e. The van der Waals surface area contributed by atoms with Crippen LogP contribution in [0.1, 0.15) is 41.0 Å². The lowest BCUT2D eigenvalue weighted by Gasteiger charge is -2.35. The molecular weight excluding hydrogens is 435 g/mol. The summed E-state index contributed by atoms with van der Waals surface area (Å²) in [6.45, 7) is 2.14. The molecule has 0 saturated carbocycles. The normalized spacial score (nSPS) is 16.7. The Balaban J connectivity index is 1.47. The van der Waals surface area contributed by atoms with Gasteiger partial charge in [-0.15, -0.1) is 10.2 Å². The van der Waals surface area contributed by atoms with E-state index in [0.717, 1.165) is 25.3 Å². The quantitative estimate of drug-likeness (QED) is 0.586. The first kappa shape index (κ1) is 21.9. The highest BCUT2D eigenvalue weighted by molar-refractivity contribution is 7.92. The van der Waals surface area contributed by atoms with Crippen molar-refractivity contribution in [2.45, 2.75) is 43.5 Å². The lowest BCUT2D eigenvalue weighted by molar-refractivity contribution is 0.0611. The van der Waals surface area contributed by atoms with Crippen LogP contribution >= 0.6 is 0 Å². The third-order valence-electron chi connectivity index (χ3n) is 5.52. The summed E-state index contributed by atoms with van der Waals surface area (Å²) in [6.07, 6.45) is 3.33. The fourth-order valence-corrected chi connectivity index (χ4v) is 4.95. The first-order valence-corrected chi connectivity index (χ1v) is 11.7. The number of H-pyrrole nitrogens is 1. The number of halogens is 1. The summed E-state index contributed by atoms with van der Waals surface area (Å²) in [4.78, 5) is 14.9. The second-order valence-electron chi connectivity index (χ2n) is 7.77. The molecule has 0 aliphatic carbocycles. The molecule has 0 bridgehead atoms. The third kappa shape index (κ3) is 4.77. The highest BCUT2D eigenvalue weighted by Gasteiger charge is 2.28. The minimum atomic E-state index is -3.88. The molecule has 1 unspecified atom stereocenters. The number of carbonyl (C=O) groups is 1. The number of tetrazole rings is 1. The van der Waals surface area contributed by atoms with E-state index in [1.807, 2.05) is 4.90 Å². The summed E-state index contributed by atoms with van der Waals surface area (Å²) in [6, 6.07) is 9.85. The van der Waals surface area contributed by atoms with Crippen LogP contribution in [0.25, 0.3) is 0 Å². The van der Waals surface area contributed by atoms with E-state index in [2.05, 4.69) is 25.3 Å². The van der Waals surface area contributed by atoms with Gasteiger partial charge in [-0.2, -0.15) is 5.21 Å². The number of aromatic amines is 1. The van der Waals surface area contributed by atoms with Crippen LogP contribution in [-0.2, 0) is 16.4 Å². The Morgan fingerprint density at radius 1 is 1.22 bits per heavy atom. The van der Waals surface area contributed by atoms with Gasteiger partial charge < -0.3 is 4.90 Å². The van der Waals surface area contributed by atoms with Gasteiger partial charge >= 0.3 is 0 Å². The second-order valence-corrected chi connectivity index (χ2v) is 9.46. The summed E-state index contributed by atoms with van der Waals surface area (Å²) < 4.78 is 41.1. The van der Waals surface area contributed by atoms with Crippen molar-refractivity contribution in [3.05, 3.63) is 65.2 Å². The van der Waals surface area contributed by atoms with Gasteiger partial charge in [-0.05, 0) is 74.2 Å². The van der Waals surface area contributed by atoms with Gasteiger partial charge in [0.25, 0.3) is 15.9 Å². The zero-order valence-corrected chi connectivity index (χ0v) is 18.3. The number of nitrogens with one attached hydrogen (secondary N) is 2. The molecule has 2 heterocycles. The van der Waals surface area contributed by atoms with E-state index in [4.69, 9.17) is 0 Å². The Kier molecular flexibility index (Phi) is 6.17. The number of rotatable bonds is 6. The van der Waals surface area contributed by atoms with Gasteiger partial charge in [0.1, 0.15) is 5.82 Å². The molecule has 9 nitrogen and oxygen atoms in total. The topological polar surface area (TPSA) is 121 Å². The largest absolute Gasteiger partial charge is 0.335 e. The average molecular weight is 459 g/mol. The standard InChI is InChI=1S/C21H23FN6O3S/c1-14-12-18(9-10-19(14)22)32(30,31)25-16-7-5-15(6-8-16)21(29)28-11-3-2-4-17(28)13-20-23-26-27-24-20/h5-10,12,17,25H,2-4,11,13H2,1H3,(H,23,24,26,27). The van der Waals surface area contributed by atoms with Crippen LogP contribution in [0.2, 0.25) is 0 Å². The summed E-state index contributed by atoms with van der Waals surface area (Å²) in [5.41, 5.74) is 1.02. The van der Waals surface area contributed by atoms with Crippen molar-refractivity contribution in [2.75, 3.05) is 11.3 Å². The fraction of sp³-hybridized carbons (Fsp3) is 0.333. The predicted molar refractivity (Wildman–Crippen MR) is 115 cm³/mol. The van der Waals surface area contributed by atoms with Crippen molar-refractivity contribution in [2.24, 2.45) is 0 Å². The van der Waals surface area contributed by atoms with Crippen LogP contribution in [0.15, 0.2) is 47.4 Å². The zero-order chi connectivity index (χ0) is 22.7. The van der Waals surface area contributed by atoms with Crippen molar-refractivity contribution in [3.8, 4) is 0 Å². The van der Waals surface area contributed by atoms with Crippen molar-refractivity contribution in [1.82, 2.24) is 25.5 Å². The molecule has 4 rings (SSSR count). The number of sulfonamides is 1. The molecule has 1 amide bonds. The van der Waals surface area contributed by atoms with Crippen molar-refractivity contribution >= 4 is 21.6 Å². The first-order valence-electron chi connectivity index (χ1n) is 10.3. The first-order chi connectivity index (χ1) is 15.3. The monoisotopic (exact) mass is 458 g/mol. The van der Waals surface area contributed by atoms with Gasteiger partial charge in [0.2, 0.25) is 0 Å². The SMILES string of the molecule is Cc1cc(S(=O)(=O)Nc2ccc(C(=O)N3CCCCC3Cc3nn[nH]n3)cc2)ccc1F. The Bertz CT molecular complexity index is 1200. The van der Waals surface area contributed by atoms with Gasteiger partial charge in [-0.1, -0.05) is 5.21 Å². The number of hydrogen-bond donors (Lipinski definition) is 2. The van der Waals surface area contributed by atoms with Crippen LogP contribution in [-0.4, -0.2) is 52.4 Å². The molecule has 168 valence electrons. The number of carbonyl (C=O) groups excluding carboxylic acids is 1. The second kappa shape index (κ2) is 9.03. The number of anilines is 1. The maximum absolute atomic E-state index is 13.5. The average Bonchev–Trinajstić information content (AvgIpc) is 3.29. The molecule has 1 aliphatic rings. The highest BCUT2D eigenvalue weighted by Crippen LogP contribution is 2.23. The van der Waals surface area contributed by atoms with Gasteiger partial charge in [-0.3, -0.25) is 9.52 Å². The van der Waals surface area contributed by atoms with E-state index in [1.54, 1.807) is 24.3 Å². The van der Waals surface area contributed by atoms with Crippen LogP contribution in [0, 0.1) is 12.7 Å². The molecule has 3 aromatic rings. The zero-order valence-electron chi connectivity index (χ0n) is 17.5. The molecule has 2 N–H and O–H groups in total. The van der Waals surface area contributed by atoms with E-state index in [1.165, 1.54) is 19.1 Å². The lowest BCUT2D eigenvalue weighted by atomic mass is 9.98. The van der Waals surface area contributed by atoms with Crippen molar-refractivity contribution < 1.29 is 17.6 Å². The summed E-state index contributed by atoms with van der Waals surface area (Å²) >= 11 is 0. The van der Waals surface area contributed by atoms with Gasteiger partial charge in [0, 0.05) is 30.3 Å². The smallest absolute Gasteiger partial charge is 0.261 e. The summed E-state index contributed by atoms with van der Waals surface area (Å²) in [7, 11) is -3.88. The molecule has 1 saturated heterocycles. The molecule has 1 aliphatic heterocycles. The number of amides is 1. The van der Waals surface area contributed by atoms with Gasteiger partial charge in [0.15, 0.2) is 5.82 Å². The van der Waals surface area contributed by atoms with Crippen LogP contribution < -0.4 is 4.72 Å². The van der Waals surface area contributed by atoms with Crippen molar-refractivity contribution in [3.63, 3.8) is 0 Å². The van der Waals surface area contributed by atoms with E-state index in [-0.39, 0.29) is 22.4 Å². The third-order valence-corrected chi connectivity index (χ3v) is 6.90. The highest BCUT2D eigenvalue weighted by atomic mass is 32.2. The molecule has 1 aromatic heterocycles. The van der Waals surface area contributed by atoms with Crippen molar-refractivity contribution in [1.29, 1.82) is 0 Å². The minimum Gasteiger partial charge on any atom is -0.335 e. The summed E-state index contributed by atoms with van der Waals surface area (Å²) in [5, 5.41) is 14.0. The number of aryl methyl sites for hydroxylation is 1. The number of hydrogen-bond acceptors (Lipinski definition) is 6. The van der Waals surface area contributed by atoms with Crippen LogP contribution in [0.3, 0.4) is 0 Å². The predicted octanol–water partition coefficient (Wildman–Crippen LogP) is 2.69. The Labute approximate surface area is 185 Å². The van der Waals surface area contributed by atoms with E-state index < -0.39 is 15.8 Å². The fourth-order valence-electron chi connectivity index (χ4n) is 3.80. The minimum absolute atomic E-state index is 0.0197. The van der Waals surface area contributed by atoms with Gasteiger partial charge in [-0.25, -0.2) is 12.8 Å². The molecule has 2 aromatic carbocycles. The number of benzene rings is 2. The van der Waals surface area contributed by atoms with E-state index >= 15 is 0 Å². The Morgan fingerprint density at radius 3 is 2.69 bits per heavy atom. The van der Waals surface area contributed by atoms with Gasteiger partial charge in [0.05, 0.1) is 4.90 Å². The lowest BCUT2D eigenvalue weighted by Crippen LogP contribution is -2.45. The summed E-state index contributed by atoms with van der Waals surface area (Å²) in [5.74, 6) is -0.0283. The molecular formula is C21H23FN6O3S. The maximum atomic E-state index is 13.5. The Hall–Kier alpha value is -3.34.